The Balaban J connectivity index is 1.13. The molecule has 0 saturated heterocycles. The van der Waals surface area contributed by atoms with Crippen molar-refractivity contribution < 1.29 is 28.5 Å². The number of hydrogen-bond acceptors (Lipinski definition) is 7. The van der Waals surface area contributed by atoms with Gasteiger partial charge in [-0.25, -0.2) is 10.2 Å². The number of aromatic amines is 1. The molecular formula is C36H27N3O6. The lowest BCUT2D eigenvalue weighted by atomic mass is 9.99. The monoisotopic (exact) mass is 597 g/mol. The Hall–Kier alpha value is -6.09. The zero-order chi connectivity index (χ0) is 30.8. The maximum absolute atomic E-state index is 13.5. The molecule has 222 valence electrons. The Bertz CT molecular complexity index is 2100. The van der Waals surface area contributed by atoms with E-state index in [1.165, 1.54) is 6.21 Å². The third-order valence-corrected chi connectivity index (χ3v) is 7.45. The van der Waals surface area contributed by atoms with E-state index in [1.54, 1.807) is 36.4 Å². The minimum atomic E-state index is -0.566. The highest BCUT2D eigenvalue weighted by atomic mass is 16.7. The molecule has 1 aromatic heterocycles. The van der Waals surface area contributed by atoms with E-state index in [-0.39, 0.29) is 18.4 Å². The van der Waals surface area contributed by atoms with Crippen LogP contribution in [0.4, 0.5) is 0 Å². The van der Waals surface area contributed by atoms with Gasteiger partial charge in [0, 0.05) is 16.3 Å². The molecule has 5 aromatic carbocycles. The van der Waals surface area contributed by atoms with E-state index in [2.05, 4.69) is 21.6 Å². The number of nitrogens with one attached hydrogen (secondary N) is 2. The van der Waals surface area contributed by atoms with Gasteiger partial charge in [0.1, 0.15) is 5.69 Å². The van der Waals surface area contributed by atoms with Crippen LogP contribution in [0, 0.1) is 0 Å². The molecule has 0 atom stereocenters. The zero-order valence-corrected chi connectivity index (χ0v) is 24.2. The third kappa shape index (κ3) is 5.43. The number of ether oxygens (including phenoxy) is 4. The van der Waals surface area contributed by atoms with Crippen LogP contribution in [0.2, 0.25) is 0 Å². The van der Waals surface area contributed by atoms with Gasteiger partial charge < -0.3 is 23.9 Å². The maximum Gasteiger partial charge on any atom is 0.343 e. The second-order valence-corrected chi connectivity index (χ2v) is 10.2. The summed E-state index contributed by atoms with van der Waals surface area (Å²) >= 11 is 0. The van der Waals surface area contributed by atoms with E-state index >= 15 is 0 Å². The SMILES string of the molecule is CCOc1cc(C=NNC(=O)c2[nH]c3c(ccc4ccccc43)c2-c2ccccc2)ccc1OC(=O)c1ccc2c(c1)OCO2. The fourth-order valence-corrected chi connectivity index (χ4v) is 5.37. The Morgan fingerprint density at radius 1 is 0.867 bits per heavy atom. The molecule has 0 spiro atoms. The van der Waals surface area contributed by atoms with Crippen molar-refractivity contribution in [2.24, 2.45) is 5.10 Å². The summed E-state index contributed by atoms with van der Waals surface area (Å²) in [5.74, 6) is 0.716. The zero-order valence-electron chi connectivity index (χ0n) is 24.2. The van der Waals surface area contributed by atoms with Crippen LogP contribution in [0.5, 0.6) is 23.0 Å². The number of aromatic nitrogens is 1. The first-order valence-corrected chi connectivity index (χ1v) is 14.4. The highest BCUT2D eigenvalue weighted by Crippen LogP contribution is 2.37. The largest absolute Gasteiger partial charge is 0.490 e. The molecule has 0 unspecified atom stereocenters. The number of H-pyrrole nitrogens is 1. The number of hydrazone groups is 1. The summed E-state index contributed by atoms with van der Waals surface area (Å²) in [4.78, 5) is 29.7. The molecule has 7 rings (SSSR count). The first-order chi connectivity index (χ1) is 22.1. The first kappa shape index (κ1) is 27.7. The van der Waals surface area contributed by atoms with Gasteiger partial charge in [-0.2, -0.15) is 5.10 Å². The molecule has 1 aliphatic rings. The van der Waals surface area contributed by atoms with Crippen molar-refractivity contribution in [3.8, 4) is 34.1 Å². The van der Waals surface area contributed by atoms with Gasteiger partial charge in [0.15, 0.2) is 23.0 Å². The van der Waals surface area contributed by atoms with Gasteiger partial charge in [-0.05, 0) is 59.8 Å². The molecular weight excluding hydrogens is 570 g/mol. The smallest absolute Gasteiger partial charge is 0.343 e. The molecule has 0 saturated carbocycles. The standard InChI is InChI=1S/C36H27N3O6/c1-2-42-30-18-22(12-16-29(30)45-36(41)25-14-17-28-31(19-25)44-21-43-28)20-37-39-35(40)34-32(24-9-4-3-5-10-24)27-15-13-23-8-6-7-11-26(23)33(27)38-34/h3-20,38H,2,21H2,1H3,(H,39,40). The molecule has 0 bridgehead atoms. The lowest BCUT2D eigenvalue weighted by Gasteiger charge is -2.11. The number of amides is 1. The molecule has 2 N–H and O–H groups in total. The van der Waals surface area contributed by atoms with Crippen LogP contribution in [0.15, 0.2) is 108 Å². The van der Waals surface area contributed by atoms with Crippen LogP contribution in [-0.4, -0.2) is 36.5 Å². The van der Waals surface area contributed by atoms with Crippen molar-refractivity contribution in [2.45, 2.75) is 6.92 Å². The average molecular weight is 598 g/mol. The van der Waals surface area contributed by atoms with Gasteiger partial charge in [-0.3, -0.25) is 4.79 Å². The van der Waals surface area contributed by atoms with Gasteiger partial charge in [0.25, 0.3) is 5.91 Å². The molecule has 6 aromatic rings. The quantitative estimate of drug-likeness (QED) is 0.0838. The summed E-state index contributed by atoms with van der Waals surface area (Å²) in [6.07, 6.45) is 1.50. The fourth-order valence-electron chi connectivity index (χ4n) is 5.37. The number of nitrogens with zero attached hydrogens (tertiary/aromatic N) is 1. The van der Waals surface area contributed by atoms with Crippen LogP contribution >= 0.6 is 0 Å². The Morgan fingerprint density at radius 3 is 2.56 bits per heavy atom. The minimum Gasteiger partial charge on any atom is -0.490 e. The van der Waals surface area contributed by atoms with Crippen molar-refractivity contribution in [2.75, 3.05) is 13.4 Å². The van der Waals surface area contributed by atoms with Crippen molar-refractivity contribution in [3.63, 3.8) is 0 Å². The number of hydrogen-bond donors (Lipinski definition) is 2. The number of carbonyl (C=O) groups is 2. The molecule has 1 amide bonds. The van der Waals surface area contributed by atoms with Gasteiger partial charge in [-0.15, -0.1) is 0 Å². The molecule has 45 heavy (non-hydrogen) atoms. The van der Waals surface area contributed by atoms with E-state index in [4.69, 9.17) is 18.9 Å². The number of benzene rings is 5. The third-order valence-electron chi connectivity index (χ3n) is 7.45. The predicted molar refractivity (Wildman–Crippen MR) is 171 cm³/mol. The molecule has 1 aliphatic heterocycles. The summed E-state index contributed by atoms with van der Waals surface area (Å²) < 4.78 is 22.0. The average Bonchev–Trinajstić information content (AvgIpc) is 3.71. The summed E-state index contributed by atoms with van der Waals surface area (Å²) in [5, 5.41) is 7.27. The van der Waals surface area contributed by atoms with Gasteiger partial charge in [-0.1, -0.05) is 66.7 Å². The van der Waals surface area contributed by atoms with Crippen LogP contribution in [0.1, 0.15) is 33.3 Å². The highest BCUT2D eigenvalue weighted by Gasteiger charge is 2.21. The summed E-state index contributed by atoms with van der Waals surface area (Å²) in [6, 6.07) is 31.8. The first-order valence-electron chi connectivity index (χ1n) is 14.4. The number of rotatable bonds is 8. The van der Waals surface area contributed by atoms with E-state index in [9.17, 15) is 9.59 Å². The van der Waals surface area contributed by atoms with Crippen LogP contribution in [0.25, 0.3) is 32.8 Å². The maximum atomic E-state index is 13.5. The van der Waals surface area contributed by atoms with Gasteiger partial charge in [0.2, 0.25) is 6.79 Å². The predicted octanol–water partition coefficient (Wildman–Crippen LogP) is 7.10. The van der Waals surface area contributed by atoms with Crippen LogP contribution in [0.3, 0.4) is 0 Å². The molecule has 0 aliphatic carbocycles. The molecule has 0 fully saturated rings. The van der Waals surface area contributed by atoms with Crippen molar-refractivity contribution in [1.29, 1.82) is 0 Å². The van der Waals surface area contributed by atoms with E-state index < -0.39 is 5.97 Å². The van der Waals surface area contributed by atoms with Crippen molar-refractivity contribution in [3.05, 3.63) is 120 Å². The van der Waals surface area contributed by atoms with Crippen molar-refractivity contribution in [1.82, 2.24) is 10.4 Å². The normalized spacial score (nSPS) is 12.1. The number of carbonyl (C=O) groups excluding carboxylic acids is 2. The molecule has 9 heteroatoms. The van der Waals surface area contributed by atoms with Crippen LogP contribution in [-0.2, 0) is 0 Å². The Morgan fingerprint density at radius 2 is 1.69 bits per heavy atom. The second-order valence-electron chi connectivity index (χ2n) is 10.2. The lowest BCUT2D eigenvalue weighted by molar-refractivity contribution is 0.0727. The number of esters is 1. The Kier molecular flexibility index (Phi) is 7.33. The van der Waals surface area contributed by atoms with Crippen molar-refractivity contribution >= 4 is 39.8 Å². The van der Waals surface area contributed by atoms with Gasteiger partial charge >= 0.3 is 5.97 Å². The van der Waals surface area contributed by atoms with E-state index in [0.29, 0.717) is 40.7 Å². The topological polar surface area (TPSA) is 111 Å². The second kappa shape index (κ2) is 11.9. The number of fused-ring (bicyclic) bond motifs is 4. The fraction of sp³-hybridized carbons (Fsp3) is 0.0833. The minimum absolute atomic E-state index is 0.110. The molecule has 0 radical (unpaired) electrons. The van der Waals surface area contributed by atoms with Crippen LogP contribution < -0.4 is 24.4 Å². The van der Waals surface area contributed by atoms with E-state index in [0.717, 1.165) is 32.8 Å². The highest BCUT2D eigenvalue weighted by molar-refractivity contribution is 6.16. The van der Waals surface area contributed by atoms with E-state index in [1.807, 2.05) is 67.6 Å². The lowest BCUT2D eigenvalue weighted by Crippen LogP contribution is -2.18. The molecule has 2 heterocycles. The summed E-state index contributed by atoms with van der Waals surface area (Å²) in [5.41, 5.74) is 6.61. The molecule has 9 nitrogen and oxygen atoms in total. The summed E-state index contributed by atoms with van der Waals surface area (Å²) in [6.45, 7) is 2.29. The van der Waals surface area contributed by atoms with Gasteiger partial charge in [0.05, 0.1) is 23.9 Å². The summed E-state index contributed by atoms with van der Waals surface area (Å²) in [7, 11) is 0. The Labute approximate surface area is 258 Å².